The van der Waals surface area contributed by atoms with Crippen LogP contribution < -0.4 is 0 Å². The SMILES string of the molecule is CN1CCN(S(=O)(=O)c2ccc3c(c2)C(=O)OC3)C[C@@H]1c1ncc[nH]1. The van der Waals surface area contributed by atoms with Crippen LogP contribution in [0.1, 0.15) is 27.8 Å². The molecule has 2 aliphatic heterocycles. The minimum Gasteiger partial charge on any atom is -0.457 e. The molecule has 0 unspecified atom stereocenters. The fraction of sp³-hybridized carbons (Fsp3) is 0.375. The Hall–Kier alpha value is -2.23. The fourth-order valence-corrected chi connectivity index (χ4v) is 4.69. The van der Waals surface area contributed by atoms with Crippen LogP contribution in [0.15, 0.2) is 35.5 Å². The minimum atomic E-state index is -3.70. The van der Waals surface area contributed by atoms with Gasteiger partial charge >= 0.3 is 5.97 Å². The molecule has 0 radical (unpaired) electrons. The first-order valence-electron chi connectivity index (χ1n) is 7.96. The summed E-state index contributed by atoms with van der Waals surface area (Å²) in [4.78, 5) is 21.2. The molecule has 132 valence electrons. The smallest absolute Gasteiger partial charge is 0.338 e. The van der Waals surface area contributed by atoms with E-state index >= 15 is 0 Å². The number of fused-ring (bicyclic) bond motifs is 1. The van der Waals surface area contributed by atoms with Gasteiger partial charge in [-0.1, -0.05) is 6.07 Å². The lowest BCUT2D eigenvalue weighted by Gasteiger charge is -2.37. The first-order valence-corrected chi connectivity index (χ1v) is 9.40. The maximum absolute atomic E-state index is 13.0. The first-order chi connectivity index (χ1) is 12.0. The van der Waals surface area contributed by atoms with Gasteiger partial charge in [-0.3, -0.25) is 4.90 Å². The van der Waals surface area contributed by atoms with Crippen LogP contribution in [0.5, 0.6) is 0 Å². The summed E-state index contributed by atoms with van der Waals surface area (Å²) < 4.78 is 32.5. The van der Waals surface area contributed by atoms with E-state index in [4.69, 9.17) is 4.74 Å². The van der Waals surface area contributed by atoms with E-state index in [2.05, 4.69) is 14.9 Å². The van der Waals surface area contributed by atoms with Crippen molar-refractivity contribution >= 4 is 16.0 Å². The number of esters is 1. The van der Waals surface area contributed by atoms with E-state index < -0.39 is 16.0 Å². The number of carbonyl (C=O) groups excluding carboxylic acids is 1. The van der Waals surface area contributed by atoms with E-state index in [0.29, 0.717) is 25.2 Å². The maximum atomic E-state index is 13.0. The van der Waals surface area contributed by atoms with Crippen LogP contribution in [0.4, 0.5) is 0 Å². The summed E-state index contributed by atoms with van der Waals surface area (Å²) in [5, 5.41) is 0. The lowest BCUT2D eigenvalue weighted by Crippen LogP contribution is -2.49. The van der Waals surface area contributed by atoms with Crippen molar-refractivity contribution in [3.05, 3.63) is 47.5 Å². The molecule has 0 spiro atoms. The predicted molar refractivity (Wildman–Crippen MR) is 88.3 cm³/mol. The Kier molecular flexibility index (Phi) is 3.86. The quantitative estimate of drug-likeness (QED) is 0.810. The van der Waals surface area contributed by atoms with Crippen LogP contribution in [0.2, 0.25) is 0 Å². The number of hydrogen-bond acceptors (Lipinski definition) is 6. The molecule has 0 saturated carbocycles. The van der Waals surface area contributed by atoms with Gasteiger partial charge in [0.2, 0.25) is 10.0 Å². The second-order valence-electron chi connectivity index (χ2n) is 6.23. The molecule has 1 atom stereocenters. The van der Waals surface area contributed by atoms with Gasteiger partial charge in [-0.05, 0) is 19.2 Å². The molecule has 2 aromatic rings. The molecule has 1 saturated heterocycles. The van der Waals surface area contributed by atoms with Crippen molar-refractivity contribution in [2.75, 3.05) is 26.7 Å². The van der Waals surface area contributed by atoms with Gasteiger partial charge in [-0.15, -0.1) is 0 Å². The second-order valence-corrected chi connectivity index (χ2v) is 8.17. The summed E-state index contributed by atoms with van der Waals surface area (Å²) in [5.74, 6) is 0.263. The Morgan fingerprint density at radius 2 is 2.16 bits per heavy atom. The highest BCUT2D eigenvalue weighted by Crippen LogP contribution is 2.28. The van der Waals surface area contributed by atoms with Crippen molar-refractivity contribution in [2.45, 2.75) is 17.5 Å². The molecule has 4 rings (SSSR count). The molecular formula is C16H18N4O4S. The van der Waals surface area contributed by atoms with E-state index in [1.54, 1.807) is 18.5 Å². The molecule has 1 fully saturated rings. The number of benzene rings is 1. The summed E-state index contributed by atoms with van der Waals surface area (Å²) in [6.45, 7) is 1.48. The van der Waals surface area contributed by atoms with Gasteiger partial charge in [0.1, 0.15) is 12.4 Å². The number of rotatable bonds is 3. The fourth-order valence-electron chi connectivity index (χ4n) is 3.22. The van der Waals surface area contributed by atoms with Crippen molar-refractivity contribution < 1.29 is 17.9 Å². The number of nitrogens with zero attached hydrogens (tertiary/aromatic N) is 3. The van der Waals surface area contributed by atoms with Crippen molar-refractivity contribution in [1.29, 1.82) is 0 Å². The van der Waals surface area contributed by atoms with Crippen LogP contribution >= 0.6 is 0 Å². The second kappa shape index (κ2) is 5.94. The van der Waals surface area contributed by atoms with Gasteiger partial charge in [0, 0.05) is 37.6 Å². The zero-order valence-corrected chi connectivity index (χ0v) is 14.5. The van der Waals surface area contributed by atoms with E-state index in [0.717, 1.165) is 11.4 Å². The summed E-state index contributed by atoms with van der Waals surface area (Å²) in [6.07, 6.45) is 3.38. The van der Waals surface area contributed by atoms with Crippen LogP contribution in [0, 0.1) is 0 Å². The molecule has 3 heterocycles. The Labute approximate surface area is 145 Å². The molecule has 25 heavy (non-hydrogen) atoms. The highest BCUT2D eigenvalue weighted by molar-refractivity contribution is 7.89. The Balaban J connectivity index is 1.64. The van der Waals surface area contributed by atoms with Gasteiger partial charge < -0.3 is 9.72 Å². The maximum Gasteiger partial charge on any atom is 0.338 e. The molecule has 1 N–H and O–H groups in total. The normalized spacial score (nSPS) is 22.0. The van der Waals surface area contributed by atoms with Gasteiger partial charge in [-0.2, -0.15) is 4.31 Å². The molecule has 1 aromatic heterocycles. The molecule has 0 bridgehead atoms. The number of carbonyl (C=O) groups is 1. The number of aromatic amines is 1. The topological polar surface area (TPSA) is 95.6 Å². The molecule has 2 aliphatic rings. The number of likely N-dealkylation sites (N-methyl/N-ethyl adjacent to an activating group) is 1. The average Bonchev–Trinajstić information content (AvgIpc) is 3.25. The molecule has 1 aromatic carbocycles. The average molecular weight is 362 g/mol. The summed E-state index contributed by atoms with van der Waals surface area (Å²) >= 11 is 0. The number of piperazine rings is 1. The molecule has 9 heteroatoms. The Morgan fingerprint density at radius 1 is 1.32 bits per heavy atom. The third-order valence-corrected chi connectivity index (χ3v) is 6.60. The minimum absolute atomic E-state index is 0.118. The highest BCUT2D eigenvalue weighted by Gasteiger charge is 2.35. The number of H-pyrrole nitrogens is 1. The number of hydrogen-bond donors (Lipinski definition) is 1. The van der Waals surface area contributed by atoms with Gasteiger partial charge in [0.15, 0.2) is 0 Å². The molecule has 0 aliphatic carbocycles. The van der Waals surface area contributed by atoms with Gasteiger partial charge in [0.05, 0.1) is 16.5 Å². The van der Waals surface area contributed by atoms with E-state index in [1.165, 1.54) is 16.4 Å². The number of ether oxygens (including phenoxy) is 1. The Bertz CT molecular complexity index is 910. The lowest BCUT2D eigenvalue weighted by atomic mass is 10.1. The third kappa shape index (κ3) is 2.74. The number of cyclic esters (lactones) is 1. The molecule has 0 amide bonds. The van der Waals surface area contributed by atoms with Gasteiger partial charge in [-0.25, -0.2) is 18.2 Å². The van der Waals surface area contributed by atoms with E-state index in [1.807, 2.05) is 7.05 Å². The van der Waals surface area contributed by atoms with Crippen molar-refractivity contribution in [3.8, 4) is 0 Å². The summed E-state index contributed by atoms with van der Waals surface area (Å²) in [5.41, 5.74) is 1.05. The number of imidazole rings is 1. The summed E-state index contributed by atoms with van der Waals surface area (Å²) in [6, 6.07) is 4.46. The monoisotopic (exact) mass is 362 g/mol. The van der Waals surface area contributed by atoms with E-state index in [-0.39, 0.29) is 17.5 Å². The first kappa shape index (κ1) is 16.2. The third-order valence-electron chi connectivity index (χ3n) is 4.74. The number of sulfonamides is 1. The highest BCUT2D eigenvalue weighted by atomic mass is 32.2. The predicted octanol–water partition coefficient (Wildman–Crippen LogP) is 0.757. The zero-order valence-electron chi connectivity index (χ0n) is 13.7. The van der Waals surface area contributed by atoms with Crippen molar-refractivity contribution in [1.82, 2.24) is 19.2 Å². The van der Waals surface area contributed by atoms with Crippen LogP contribution in [0.25, 0.3) is 0 Å². The van der Waals surface area contributed by atoms with E-state index in [9.17, 15) is 13.2 Å². The lowest BCUT2D eigenvalue weighted by molar-refractivity contribution is 0.0535. The zero-order chi connectivity index (χ0) is 17.6. The summed E-state index contributed by atoms with van der Waals surface area (Å²) in [7, 11) is -1.75. The number of aromatic nitrogens is 2. The van der Waals surface area contributed by atoms with Crippen LogP contribution in [-0.2, 0) is 21.4 Å². The largest absolute Gasteiger partial charge is 0.457 e. The number of nitrogens with one attached hydrogen (secondary N) is 1. The molecular weight excluding hydrogens is 344 g/mol. The van der Waals surface area contributed by atoms with Crippen molar-refractivity contribution in [3.63, 3.8) is 0 Å². The van der Waals surface area contributed by atoms with Crippen LogP contribution in [-0.4, -0.2) is 60.2 Å². The standard InChI is InChI=1S/C16H18N4O4S/c1-19-6-7-20(9-14(19)15-17-4-5-18-15)25(22,23)12-3-2-11-10-24-16(21)13(11)8-12/h2-5,8,14H,6-7,9-10H2,1H3,(H,17,18)/t14-/m1/s1. The van der Waals surface area contributed by atoms with Gasteiger partial charge in [0.25, 0.3) is 0 Å². The Morgan fingerprint density at radius 3 is 2.92 bits per heavy atom. The van der Waals surface area contributed by atoms with Crippen LogP contribution in [0.3, 0.4) is 0 Å². The van der Waals surface area contributed by atoms with Crippen molar-refractivity contribution in [2.24, 2.45) is 0 Å². The molecule has 8 nitrogen and oxygen atoms in total.